The number of benzene rings is 1. The molecule has 0 spiro atoms. The molecule has 0 heterocycles. The van der Waals surface area contributed by atoms with Crippen LogP contribution >= 0.6 is 0 Å². The van der Waals surface area contributed by atoms with Crippen LogP contribution < -0.4 is 16.4 Å². The molecule has 21 heavy (non-hydrogen) atoms. The van der Waals surface area contributed by atoms with Gasteiger partial charge in [0.25, 0.3) is 0 Å². The van der Waals surface area contributed by atoms with Crippen LogP contribution in [0.25, 0.3) is 0 Å². The number of amides is 2. The van der Waals surface area contributed by atoms with E-state index in [0.717, 1.165) is 12.0 Å². The van der Waals surface area contributed by atoms with Gasteiger partial charge in [-0.15, -0.1) is 0 Å². The summed E-state index contributed by atoms with van der Waals surface area (Å²) in [7, 11) is 0. The zero-order valence-electron chi connectivity index (χ0n) is 13.1. The van der Waals surface area contributed by atoms with Crippen LogP contribution in [0, 0.1) is 5.92 Å². The predicted octanol–water partition coefficient (Wildman–Crippen LogP) is 2.20. The second-order valence-corrected chi connectivity index (χ2v) is 5.45. The van der Waals surface area contributed by atoms with Gasteiger partial charge in [-0.25, -0.2) is 0 Å². The first kappa shape index (κ1) is 17.2. The van der Waals surface area contributed by atoms with Crippen LogP contribution in [0.3, 0.4) is 0 Å². The fraction of sp³-hybridized carbons (Fsp3) is 0.500. The first-order valence-electron chi connectivity index (χ1n) is 7.28. The minimum Gasteiger partial charge on any atom is -0.348 e. The van der Waals surface area contributed by atoms with E-state index in [9.17, 15) is 9.59 Å². The summed E-state index contributed by atoms with van der Waals surface area (Å²) in [5.74, 6) is -0.132. The van der Waals surface area contributed by atoms with Crippen LogP contribution in [0.5, 0.6) is 0 Å². The standard InChI is InChI=1S/C16H25N3O2/c1-5-10(2)15(17)16(21)18-11(3)13-7-6-8-14(9-13)19-12(4)20/h6-11,15H,5,17H2,1-4H3,(H,18,21)(H,19,20)/t10?,11?,15-/m0/s1. The fourth-order valence-corrected chi connectivity index (χ4v) is 1.99. The average Bonchev–Trinajstić information content (AvgIpc) is 2.45. The van der Waals surface area contributed by atoms with Crippen LogP contribution in [0.1, 0.15) is 45.7 Å². The van der Waals surface area contributed by atoms with Crippen molar-refractivity contribution in [2.45, 2.75) is 46.2 Å². The third-order valence-corrected chi connectivity index (χ3v) is 3.63. The predicted molar refractivity (Wildman–Crippen MR) is 84.7 cm³/mol. The molecule has 5 nitrogen and oxygen atoms in total. The number of rotatable bonds is 6. The molecule has 0 aliphatic heterocycles. The molecular weight excluding hydrogens is 266 g/mol. The topological polar surface area (TPSA) is 84.2 Å². The third-order valence-electron chi connectivity index (χ3n) is 3.63. The molecule has 0 bridgehead atoms. The molecular formula is C16H25N3O2. The Morgan fingerprint density at radius 3 is 2.52 bits per heavy atom. The molecule has 4 N–H and O–H groups in total. The van der Waals surface area contributed by atoms with Crippen molar-refractivity contribution in [3.63, 3.8) is 0 Å². The third kappa shape index (κ3) is 5.19. The summed E-state index contributed by atoms with van der Waals surface area (Å²) in [4.78, 5) is 23.2. The number of hydrogen-bond donors (Lipinski definition) is 3. The van der Waals surface area contributed by atoms with E-state index in [1.807, 2.05) is 45.0 Å². The van der Waals surface area contributed by atoms with Gasteiger partial charge in [0.1, 0.15) is 0 Å². The maximum absolute atomic E-state index is 12.1. The second-order valence-electron chi connectivity index (χ2n) is 5.45. The molecule has 0 saturated heterocycles. The molecule has 0 fully saturated rings. The van der Waals surface area contributed by atoms with Crippen molar-refractivity contribution in [1.82, 2.24) is 5.32 Å². The summed E-state index contributed by atoms with van der Waals surface area (Å²) in [5, 5.41) is 5.64. The van der Waals surface area contributed by atoms with Gasteiger partial charge in [0, 0.05) is 12.6 Å². The van der Waals surface area contributed by atoms with Crippen LogP contribution in [0.2, 0.25) is 0 Å². The van der Waals surface area contributed by atoms with E-state index in [4.69, 9.17) is 5.73 Å². The van der Waals surface area contributed by atoms with E-state index in [-0.39, 0.29) is 23.8 Å². The highest BCUT2D eigenvalue weighted by molar-refractivity contribution is 5.88. The highest BCUT2D eigenvalue weighted by Gasteiger charge is 2.21. The van der Waals surface area contributed by atoms with Gasteiger partial charge >= 0.3 is 0 Å². The molecule has 1 rings (SSSR count). The van der Waals surface area contributed by atoms with E-state index in [1.54, 1.807) is 0 Å². The van der Waals surface area contributed by atoms with Gasteiger partial charge in [0.05, 0.1) is 12.1 Å². The SMILES string of the molecule is CCC(C)[C@H](N)C(=O)NC(C)c1cccc(NC(C)=O)c1. The molecule has 0 saturated carbocycles. The number of hydrogen-bond acceptors (Lipinski definition) is 3. The van der Waals surface area contributed by atoms with Gasteiger partial charge in [0.2, 0.25) is 11.8 Å². The van der Waals surface area contributed by atoms with Crippen molar-refractivity contribution in [1.29, 1.82) is 0 Å². The lowest BCUT2D eigenvalue weighted by Gasteiger charge is -2.21. The molecule has 1 aromatic rings. The van der Waals surface area contributed by atoms with Gasteiger partial charge in [0.15, 0.2) is 0 Å². The lowest BCUT2D eigenvalue weighted by molar-refractivity contribution is -0.124. The summed E-state index contributed by atoms with van der Waals surface area (Å²) in [6, 6.07) is 6.74. The van der Waals surface area contributed by atoms with Crippen molar-refractivity contribution >= 4 is 17.5 Å². The Kier molecular flexibility index (Phi) is 6.37. The molecule has 0 radical (unpaired) electrons. The maximum atomic E-state index is 12.1. The first-order valence-corrected chi connectivity index (χ1v) is 7.28. The van der Waals surface area contributed by atoms with Crippen molar-refractivity contribution in [2.24, 2.45) is 11.7 Å². The van der Waals surface area contributed by atoms with Gasteiger partial charge in [-0.2, -0.15) is 0 Å². The zero-order chi connectivity index (χ0) is 16.0. The number of carbonyl (C=O) groups excluding carboxylic acids is 2. The van der Waals surface area contributed by atoms with Gasteiger partial charge in [-0.3, -0.25) is 9.59 Å². The monoisotopic (exact) mass is 291 g/mol. The van der Waals surface area contributed by atoms with Crippen LogP contribution in [0.4, 0.5) is 5.69 Å². The molecule has 5 heteroatoms. The van der Waals surface area contributed by atoms with E-state index in [0.29, 0.717) is 5.69 Å². The number of anilines is 1. The van der Waals surface area contributed by atoms with Gasteiger partial charge in [-0.1, -0.05) is 32.4 Å². The smallest absolute Gasteiger partial charge is 0.237 e. The van der Waals surface area contributed by atoms with E-state index in [2.05, 4.69) is 10.6 Å². The Balaban J connectivity index is 2.73. The van der Waals surface area contributed by atoms with Crippen LogP contribution in [-0.2, 0) is 9.59 Å². The number of carbonyl (C=O) groups is 2. The van der Waals surface area contributed by atoms with Crippen LogP contribution in [0.15, 0.2) is 24.3 Å². The Labute approximate surface area is 126 Å². The molecule has 2 unspecified atom stereocenters. The molecule has 116 valence electrons. The van der Waals surface area contributed by atoms with E-state index >= 15 is 0 Å². The molecule has 3 atom stereocenters. The molecule has 2 amide bonds. The minimum absolute atomic E-state index is 0.123. The lowest BCUT2D eigenvalue weighted by atomic mass is 9.98. The van der Waals surface area contributed by atoms with E-state index in [1.165, 1.54) is 6.92 Å². The van der Waals surface area contributed by atoms with Gasteiger partial charge in [-0.05, 0) is 30.5 Å². The summed E-state index contributed by atoms with van der Waals surface area (Å²) in [6.45, 7) is 7.33. The summed E-state index contributed by atoms with van der Waals surface area (Å²) in [5.41, 5.74) is 7.56. The summed E-state index contributed by atoms with van der Waals surface area (Å²) >= 11 is 0. The average molecular weight is 291 g/mol. The number of nitrogens with two attached hydrogens (primary N) is 1. The van der Waals surface area contributed by atoms with Crippen molar-refractivity contribution < 1.29 is 9.59 Å². The lowest BCUT2D eigenvalue weighted by Crippen LogP contribution is -2.45. The van der Waals surface area contributed by atoms with Crippen molar-refractivity contribution in [3.05, 3.63) is 29.8 Å². The Bertz CT molecular complexity index is 502. The largest absolute Gasteiger partial charge is 0.348 e. The molecule has 0 aliphatic rings. The highest BCUT2D eigenvalue weighted by Crippen LogP contribution is 2.18. The summed E-state index contributed by atoms with van der Waals surface area (Å²) in [6.07, 6.45) is 0.862. The second kappa shape index (κ2) is 7.78. The Hall–Kier alpha value is -1.88. The molecule has 0 aliphatic carbocycles. The maximum Gasteiger partial charge on any atom is 0.237 e. The van der Waals surface area contributed by atoms with Gasteiger partial charge < -0.3 is 16.4 Å². The van der Waals surface area contributed by atoms with Crippen LogP contribution in [-0.4, -0.2) is 17.9 Å². The normalized spacial score (nSPS) is 14.9. The fourth-order valence-electron chi connectivity index (χ4n) is 1.99. The van der Waals surface area contributed by atoms with E-state index < -0.39 is 6.04 Å². The quantitative estimate of drug-likeness (QED) is 0.751. The number of nitrogens with one attached hydrogen (secondary N) is 2. The molecule has 0 aromatic heterocycles. The zero-order valence-corrected chi connectivity index (χ0v) is 13.1. The minimum atomic E-state index is -0.504. The Morgan fingerprint density at radius 1 is 1.29 bits per heavy atom. The van der Waals surface area contributed by atoms with Crippen molar-refractivity contribution in [2.75, 3.05) is 5.32 Å². The molecule has 1 aromatic carbocycles. The first-order chi connectivity index (χ1) is 9.85. The summed E-state index contributed by atoms with van der Waals surface area (Å²) < 4.78 is 0. The Morgan fingerprint density at radius 2 is 1.95 bits per heavy atom. The highest BCUT2D eigenvalue weighted by atomic mass is 16.2. The van der Waals surface area contributed by atoms with Crippen molar-refractivity contribution in [3.8, 4) is 0 Å².